The minimum absolute atomic E-state index is 0.130. The van der Waals surface area contributed by atoms with Crippen molar-refractivity contribution in [2.75, 3.05) is 13.1 Å². The molecule has 2 saturated heterocycles. The van der Waals surface area contributed by atoms with Crippen molar-refractivity contribution in [3.05, 3.63) is 24.0 Å². The summed E-state index contributed by atoms with van der Waals surface area (Å²) >= 11 is 0. The second-order valence-electron chi connectivity index (χ2n) is 9.95. The van der Waals surface area contributed by atoms with E-state index in [-0.39, 0.29) is 18.0 Å². The van der Waals surface area contributed by atoms with Crippen LogP contribution in [0.5, 0.6) is 0 Å². The van der Waals surface area contributed by atoms with Gasteiger partial charge < -0.3 is 24.3 Å². The fourth-order valence-electron chi connectivity index (χ4n) is 3.29. The van der Waals surface area contributed by atoms with Gasteiger partial charge in [0.05, 0.1) is 11.2 Å². The largest absolute Gasteiger partial charge is 0.496 e. The Hall–Kier alpha value is -2.13. The molecule has 0 aliphatic carbocycles. The van der Waals surface area contributed by atoms with Crippen LogP contribution in [0.4, 0.5) is 4.79 Å². The fourth-order valence-corrected chi connectivity index (χ4v) is 3.29. The minimum atomic E-state index is -0.540. The molecule has 8 nitrogen and oxygen atoms in total. The summed E-state index contributed by atoms with van der Waals surface area (Å²) in [4.78, 5) is 30.6. The molecule has 1 aromatic rings. The van der Waals surface area contributed by atoms with Crippen molar-refractivity contribution in [3.63, 3.8) is 0 Å². The van der Waals surface area contributed by atoms with E-state index < -0.39 is 23.9 Å². The lowest BCUT2D eigenvalue weighted by atomic mass is 9.80. The number of likely N-dealkylation sites (tertiary alicyclic amines) is 1. The summed E-state index contributed by atoms with van der Waals surface area (Å²) in [7, 11) is -0.517. The summed E-state index contributed by atoms with van der Waals surface area (Å²) in [5.74, 6) is -0.272. The normalized spacial score (nSPS) is 22.8. The number of hydrogen-bond acceptors (Lipinski definition) is 6. The van der Waals surface area contributed by atoms with Crippen LogP contribution in [0.1, 0.15) is 65.4 Å². The van der Waals surface area contributed by atoms with Gasteiger partial charge in [0.15, 0.2) is 0 Å². The first-order chi connectivity index (χ1) is 13.8. The van der Waals surface area contributed by atoms with E-state index >= 15 is 0 Å². The third kappa shape index (κ3) is 4.95. The van der Waals surface area contributed by atoms with E-state index in [1.807, 2.05) is 48.5 Å². The van der Waals surface area contributed by atoms with Crippen molar-refractivity contribution in [1.29, 1.82) is 0 Å². The van der Waals surface area contributed by atoms with E-state index in [0.717, 1.165) is 5.46 Å². The van der Waals surface area contributed by atoms with Gasteiger partial charge in [0.2, 0.25) is 0 Å². The predicted molar refractivity (Wildman–Crippen MR) is 114 cm³/mol. The van der Waals surface area contributed by atoms with Gasteiger partial charge in [-0.05, 0) is 61.0 Å². The van der Waals surface area contributed by atoms with E-state index in [1.165, 1.54) is 0 Å². The molecular formula is C21H32BN3O5. The maximum atomic E-state index is 12.6. The van der Waals surface area contributed by atoms with Crippen molar-refractivity contribution < 1.29 is 23.6 Å². The molecule has 3 rings (SSSR count). The number of hydrogen-bond donors (Lipinski definition) is 1. The minimum Gasteiger partial charge on any atom is -0.444 e. The van der Waals surface area contributed by atoms with Gasteiger partial charge in [0.1, 0.15) is 11.3 Å². The van der Waals surface area contributed by atoms with Gasteiger partial charge in [0, 0.05) is 30.8 Å². The Labute approximate surface area is 178 Å². The first-order valence-corrected chi connectivity index (χ1v) is 10.4. The summed E-state index contributed by atoms with van der Waals surface area (Å²) in [6.45, 7) is 14.4. The second-order valence-corrected chi connectivity index (χ2v) is 9.95. The van der Waals surface area contributed by atoms with Crippen molar-refractivity contribution in [1.82, 2.24) is 15.2 Å². The monoisotopic (exact) mass is 417 g/mol. The van der Waals surface area contributed by atoms with E-state index in [0.29, 0.717) is 25.2 Å². The molecule has 2 fully saturated rings. The number of carbonyl (C=O) groups is 2. The number of pyridine rings is 1. The quantitative estimate of drug-likeness (QED) is 0.758. The van der Waals surface area contributed by atoms with Crippen LogP contribution in [-0.4, -0.2) is 64.9 Å². The molecule has 1 atom stereocenters. The number of carbonyl (C=O) groups excluding carboxylic acids is 2. The molecule has 1 aromatic heterocycles. The zero-order valence-corrected chi connectivity index (χ0v) is 18.9. The molecule has 1 N–H and O–H groups in total. The first-order valence-electron chi connectivity index (χ1n) is 10.4. The highest BCUT2D eigenvalue weighted by Crippen LogP contribution is 2.36. The Kier molecular flexibility index (Phi) is 5.90. The summed E-state index contributed by atoms with van der Waals surface area (Å²) in [6, 6.07) is 3.33. The maximum absolute atomic E-state index is 12.6. The van der Waals surface area contributed by atoms with Gasteiger partial charge in [0.25, 0.3) is 5.91 Å². The average Bonchev–Trinajstić information content (AvgIpc) is 3.16. The van der Waals surface area contributed by atoms with Crippen LogP contribution >= 0.6 is 0 Å². The highest BCUT2D eigenvalue weighted by Gasteiger charge is 2.51. The Bertz CT molecular complexity index is 788. The van der Waals surface area contributed by atoms with Crippen molar-refractivity contribution in [3.8, 4) is 0 Å². The summed E-state index contributed by atoms with van der Waals surface area (Å²) in [5, 5.41) is 2.94. The van der Waals surface area contributed by atoms with E-state index in [1.54, 1.807) is 23.2 Å². The van der Waals surface area contributed by atoms with Crippen LogP contribution < -0.4 is 10.8 Å². The fraction of sp³-hybridized carbons (Fsp3) is 0.667. The van der Waals surface area contributed by atoms with E-state index in [9.17, 15) is 9.59 Å². The van der Waals surface area contributed by atoms with Crippen LogP contribution in [0.15, 0.2) is 18.3 Å². The SMILES string of the molecule is CC(C)(C)OC(=O)N1CCC(NC(=O)c2ccc(B3OC(C)(C)C(C)(C)O3)cn2)C1. The Morgan fingerprint density at radius 1 is 1.20 bits per heavy atom. The Morgan fingerprint density at radius 2 is 1.83 bits per heavy atom. The molecule has 2 aliphatic rings. The van der Waals surface area contributed by atoms with Gasteiger partial charge in [-0.2, -0.15) is 0 Å². The van der Waals surface area contributed by atoms with Crippen LogP contribution in [0, 0.1) is 0 Å². The van der Waals surface area contributed by atoms with Gasteiger partial charge in [-0.3, -0.25) is 9.78 Å². The number of amides is 2. The summed E-state index contributed by atoms with van der Waals surface area (Å²) in [5.41, 5.74) is -0.332. The molecule has 0 aromatic carbocycles. The Morgan fingerprint density at radius 3 is 2.37 bits per heavy atom. The molecule has 0 spiro atoms. The first kappa shape index (κ1) is 22.6. The molecule has 1 unspecified atom stereocenters. The zero-order chi connectivity index (χ0) is 22.3. The summed E-state index contributed by atoms with van der Waals surface area (Å²) < 4.78 is 17.4. The topological polar surface area (TPSA) is 90.0 Å². The van der Waals surface area contributed by atoms with Gasteiger partial charge in [-0.25, -0.2) is 4.79 Å². The highest BCUT2D eigenvalue weighted by molar-refractivity contribution is 6.62. The van der Waals surface area contributed by atoms with E-state index in [4.69, 9.17) is 14.0 Å². The molecule has 164 valence electrons. The molecule has 2 aliphatic heterocycles. The molecule has 9 heteroatoms. The highest BCUT2D eigenvalue weighted by atomic mass is 16.7. The number of ether oxygens (including phenoxy) is 1. The number of nitrogens with zero attached hydrogens (tertiary/aromatic N) is 2. The lowest BCUT2D eigenvalue weighted by Gasteiger charge is -2.32. The molecule has 3 heterocycles. The second kappa shape index (κ2) is 7.85. The Balaban J connectivity index is 1.55. The number of aromatic nitrogens is 1. The number of rotatable bonds is 3. The van der Waals surface area contributed by atoms with Gasteiger partial charge in [-0.1, -0.05) is 6.07 Å². The van der Waals surface area contributed by atoms with Gasteiger partial charge in [-0.15, -0.1) is 0 Å². The van der Waals surface area contributed by atoms with Crippen LogP contribution in [0.3, 0.4) is 0 Å². The maximum Gasteiger partial charge on any atom is 0.496 e. The lowest BCUT2D eigenvalue weighted by Crippen LogP contribution is -2.41. The van der Waals surface area contributed by atoms with Crippen molar-refractivity contribution >= 4 is 24.6 Å². The summed E-state index contributed by atoms with van der Waals surface area (Å²) in [6.07, 6.45) is 1.93. The van der Waals surface area contributed by atoms with Crippen LogP contribution in [0.25, 0.3) is 0 Å². The molecule has 2 amide bonds. The van der Waals surface area contributed by atoms with Crippen molar-refractivity contribution in [2.45, 2.75) is 77.7 Å². The zero-order valence-electron chi connectivity index (χ0n) is 18.9. The molecular weight excluding hydrogens is 385 g/mol. The third-order valence-corrected chi connectivity index (χ3v) is 5.72. The molecule has 30 heavy (non-hydrogen) atoms. The van der Waals surface area contributed by atoms with Crippen LogP contribution in [0.2, 0.25) is 0 Å². The molecule has 0 bridgehead atoms. The third-order valence-electron chi connectivity index (χ3n) is 5.72. The molecule has 0 radical (unpaired) electrons. The van der Waals surface area contributed by atoms with Crippen molar-refractivity contribution in [2.24, 2.45) is 0 Å². The molecule has 0 saturated carbocycles. The van der Waals surface area contributed by atoms with E-state index in [2.05, 4.69) is 10.3 Å². The van der Waals surface area contributed by atoms with Crippen LogP contribution in [-0.2, 0) is 14.0 Å². The standard InChI is InChI=1S/C21H32BN3O5/c1-19(2,3)28-18(27)25-11-10-15(13-25)24-17(26)16-9-8-14(12-23-16)22-29-20(4,5)21(6,7)30-22/h8-9,12,15H,10-11,13H2,1-7H3,(H,24,26). The predicted octanol–water partition coefficient (Wildman–Crippen LogP) is 2.12. The smallest absolute Gasteiger partial charge is 0.444 e. The van der Waals surface area contributed by atoms with Gasteiger partial charge >= 0.3 is 13.2 Å². The average molecular weight is 417 g/mol. The number of nitrogens with one attached hydrogen (secondary N) is 1. The lowest BCUT2D eigenvalue weighted by molar-refractivity contribution is 0.00578.